The van der Waals surface area contributed by atoms with E-state index in [0.29, 0.717) is 0 Å². The number of rotatable bonds is 5. The molecular formula is C22H15FIN3O3S. The number of benzene rings is 2. The van der Waals surface area contributed by atoms with Crippen LogP contribution in [0, 0.1) is 9.39 Å². The summed E-state index contributed by atoms with van der Waals surface area (Å²) in [6.45, 7) is -0.448. The highest BCUT2D eigenvalue weighted by Crippen LogP contribution is 2.32. The molecule has 3 amide bonds. The van der Waals surface area contributed by atoms with Gasteiger partial charge in [0.25, 0.3) is 11.1 Å². The van der Waals surface area contributed by atoms with Crippen molar-refractivity contribution in [3.05, 3.63) is 86.8 Å². The van der Waals surface area contributed by atoms with Gasteiger partial charge in [-0.2, -0.15) is 0 Å². The Bertz CT molecular complexity index is 1210. The second-order valence-corrected chi connectivity index (χ2v) is 8.84. The van der Waals surface area contributed by atoms with Gasteiger partial charge < -0.3 is 9.88 Å². The van der Waals surface area contributed by atoms with Crippen LogP contribution < -0.4 is 5.32 Å². The molecule has 4 rings (SSSR count). The average molecular weight is 547 g/mol. The number of halogens is 2. The molecule has 0 atom stereocenters. The number of thioether (sulfide) groups is 1. The zero-order chi connectivity index (χ0) is 22.0. The fraction of sp³-hybridized carbons (Fsp3) is 0.0455. The van der Waals surface area contributed by atoms with Crippen molar-refractivity contribution in [2.75, 3.05) is 11.9 Å². The molecule has 2 heterocycles. The van der Waals surface area contributed by atoms with E-state index in [1.54, 1.807) is 6.08 Å². The number of imide groups is 1. The Morgan fingerprint density at radius 1 is 1.10 bits per heavy atom. The van der Waals surface area contributed by atoms with E-state index in [-0.39, 0.29) is 10.6 Å². The summed E-state index contributed by atoms with van der Waals surface area (Å²) in [6.07, 6.45) is 3.50. The molecule has 9 heteroatoms. The van der Waals surface area contributed by atoms with Crippen LogP contribution in [0.3, 0.4) is 0 Å². The first-order chi connectivity index (χ1) is 14.9. The van der Waals surface area contributed by atoms with Crippen LogP contribution in [0.5, 0.6) is 0 Å². The van der Waals surface area contributed by atoms with Crippen molar-refractivity contribution in [3.63, 3.8) is 0 Å². The molecule has 1 aliphatic rings. The van der Waals surface area contributed by atoms with E-state index in [9.17, 15) is 18.8 Å². The normalized spacial score (nSPS) is 15.0. The Balaban J connectivity index is 1.50. The van der Waals surface area contributed by atoms with Gasteiger partial charge in [0.2, 0.25) is 5.91 Å². The van der Waals surface area contributed by atoms with Crippen molar-refractivity contribution in [1.29, 1.82) is 0 Å². The highest BCUT2D eigenvalue weighted by Gasteiger charge is 2.36. The van der Waals surface area contributed by atoms with Crippen molar-refractivity contribution in [2.45, 2.75) is 0 Å². The number of anilines is 1. The van der Waals surface area contributed by atoms with Crippen LogP contribution in [0.15, 0.2) is 71.8 Å². The maximum Gasteiger partial charge on any atom is 0.294 e. The SMILES string of the molecule is O=C(CN1C(=O)S/C(=C/c2cccn2-c2ccc(I)cc2)C1=O)Nc1cccc(F)c1. The van der Waals surface area contributed by atoms with Gasteiger partial charge in [-0.15, -0.1) is 0 Å². The second kappa shape index (κ2) is 9.06. The van der Waals surface area contributed by atoms with Crippen molar-refractivity contribution in [1.82, 2.24) is 9.47 Å². The van der Waals surface area contributed by atoms with Crippen molar-refractivity contribution >= 4 is 63.2 Å². The smallest absolute Gasteiger partial charge is 0.294 e. The number of amides is 3. The molecule has 0 aliphatic carbocycles. The number of aromatic nitrogens is 1. The maximum absolute atomic E-state index is 13.3. The fourth-order valence-electron chi connectivity index (χ4n) is 3.03. The van der Waals surface area contributed by atoms with Crippen LogP contribution in [0.1, 0.15) is 5.69 Å². The Hall–Kier alpha value is -2.92. The Labute approximate surface area is 195 Å². The molecule has 1 aromatic heterocycles. The predicted molar refractivity (Wildman–Crippen MR) is 126 cm³/mol. The third kappa shape index (κ3) is 4.88. The number of carbonyl (C=O) groups is 3. The van der Waals surface area contributed by atoms with Gasteiger partial charge in [-0.1, -0.05) is 6.07 Å². The van der Waals surface area contributed by atoms with Gasteiger partial charge in [0.05, 0.1) is 4.91 Å². The van der Waals surface area contributed by atoms with Crippen molar-refractivity contribution in [3.8, 4) is 5.69 Å². The Morgan fingerprint density at radius 2 is 1.87 bits per heavy atom. The van der Waals surface area contributed by atoms with Crippen molar-refractivity contribution in [2.24, 2.45) is 0 Å². The molecule has 0 bridgehead atoms. The van der Waals surface area contributed by atoms with Gasteiger partial charge in [0.1, 0.15) is 12.4 Å². The number of hydrogen-bond acceptors (Lipinski definition) is 4. The molecule has 6 nitrogen and oxygen atoms in total. The van der Waals surface area contributed by atoms with Gasteiger partial charge >= 0.3 is 0 Å². The minimum absolute atomic E-state index is 0.231. The summed E-state index contributed by atoms with van der Waals surface area (Å²) in [5, 5.41) is 1.96. The van der Waals surface area contributed by atoms with Crippen molar-refractivity contribution < 1.29 is 18.8 Å². The molecule has 0 spiro atoms. The monoisotopic (exact) mass is 547 g/mol. The fourth-order valence-corrected chi connectivity index (χ4v) is 4.21. The van der Waals surface area contributed by atoms with E-state index in [4.69, 9.17) is 0 Å². The highest BCUT2D eigenvalue weighted by molar-refractivity contribution is 14.1. The van der Waals surface area contributed by atoms with E-state index in [1.807, 2.05) is 47.2 Å². The van der Waals surface area contributed by atoms with E-state index >= 15 is 0 Å². The van der Waals surface area contributed by atoms with Crippen LogP contribution in [-0.4, -0.2) is 33.1 Å². The van der Waals surface area contributed by atoms with Crippen LogP contribution >= 0.6 is 34.4 Å². The van der Waals surface area contributed by atoms with Crippen LogP contribution in [0.4, 0.5) is 14.9 Å². The lowest BCUT2D eigenvalue weighted by atomic mass is 10.3. The molecule has 3 aromatic rings. The van der Waals surface area contributed by atoms with E-state index in [1.165, 1.54) is 18.2 Å². The number of nitrogens with one attached hydrogen (secondary N) is 1. The summed E-state index contributed by atoms with van der Waals surface area (Å²) in [5.41, 5.74) is 1.91. The van der Waals surface area contributed by atoms with Gasteiger partial charge in [0, 0.05) is 26.8 Å². The first-order valence-corrected chi connectivity index (χ1v) is 11.0. The van der Waals surface area contributed by atoms with Gasteiger partial charge in [-0.05, 0) is 95.0 Å². The first kappa shape index (κ1) is 21.3. The van der Waals surface area contributed by atoms with Crippen LogP contribution in [0.25, 0.3) is 11.8 Å². The Morgan fingerprint density at radius 3 is 2.61 bits per heavy atom. The highest BCUT2D eigenvalue weighted by atomic mass is 127. The Kier molecular flexibility index (Phi) is 6.23. The summed E-state index contributed by atoms with van der Waals surface area (Å²) in [4.78, 5) is 38.4. The van der Waals surface area contributed by atoms with E-state index < -0.39 is 29.4 Å². The largest absolute Gasteiger partial charge is 0.324 e. The molecule has 0 saturated carbocycles. The quantitative estimate of drug-likeness (QED) is 0.365. The topological polar surface area (TPSA) is 71.4 Å². The molecule has 1 saturated heterocycles. The zero-order valence-electron chi connectivity index (χ0n) is 15.9. The average Bonchev–Trinajstić information content (AvgIpc) is 3.29. The second-order valence-electron chi connectivity index (χ2n) is 6.61. The first-order valence-electron chi connectivity index (χ1n) is 9.15. The van der Waals surface area contributed by atoms with Crippen LogP contribution in [-0.2, 0) is 9.59 Å². The van der Waals surface area contributed by atoms with E-state index in [2.05, 4.69) is 27.9 Å². The lowest BCUT2D eigenvalue weighted by Gasteiger charge is -2.12. The summed E-state index contributed by atoms with van der Waals surface area (Å²) in [7, 11) is 0. The molecule has 1 fully saturated rings. The van der Waals surface area contributed by atoms with Gasteiger partial charge in [-0.25, -0.2) is 4.39 Å². The lowest BCUT2D eigenvalue weighted by Crippen LogP contribution is -2.36. The number of nitrogens with zero attached hydrogens (tertiary/aromatic N) is 2. The van der Waals surface area contributed by atoms with E-state index in [0.717, 1.165) is 37.7 Å². The summed E-state index contributed by atoms with van der Waals surface area (Å²) in [6, 6.07) is 16.9. The third-order valence-electron chi connectivity index (χ3n) is 4.45. The number of carbonyl (C=O) groups excluding carboxylic acids is 3. The third-order valence-corrected chi connectivity index (χ3v) is 6.07. The summed E-state index contributed by atoms with van der Waals surface area (Å²) >= 11 is 3.01. The molecule has 1 aliphatic heterocycles. The molecular weight excluding hydrogens is 532 g/mol. The summed E-state index contributed by atoms with van der Waals surface area (Å²) in [5.74, 6) is -1.63. The minimum atomic E-state index is -0.587. The van der Waals surface area contributed by atoms with Crippen LogP contribution in [0.2, 0.25) is 0 Å². The van der Waals surface area contributed by atoms with Gasteiger partial charge in [0.15, 0.2) is 0 Å². The molecule has 1 N–H and O–H groups in total. The van der Waals surface area contributed by atoms with Gasteiger partial charge in [-0.3, -0.25) is 19.3 Å². The molecule has 0 unspecified atom stereocenters. The maximum atomic E-state index is 13.3. The summed E-state index contributed by atoms with van der Waals surface area (Å²) < 4.78 is 16.3. The lowest BCUT2D eigenvalue weighted by molar-refractivity contribution is -0.127. The molecule has 0 radical (unpaired) electrons. The standard InChI is InChI=1S/C22H15FIN3O3S/c23-14-3-1-4-16(11-14)25-20(28)13-27-21(29)19(31-22(27)30)12-18-5-2-10-26(18)17-8-6-15(24)7-9-17/h1-12H,13H2,(H,25,28)/b19-12+. The molecule has 2 aromatic carbocycles. The molecule has 31 heavy (non-hydrogen) atoms. The minimum Gasteiger partial charge on any atom is -0.324 e. The number of hydrogen-bond donors (Lipinski definition) is 1. The zero-order valence-corrected chi connectivity index (χ0v) is 18.9. The predicted octanol–water partition coefficient (Wildman–Crippen LogP) is 4.90. The molecule has 156 valence electrons.